The first kappa shape index (κ1) is 14.3. The van der Waals surface area contributed by atoms with Crippen LogP contribution in [0.1, 0.15) is 40.0 Å². The lowest BCUT2D eigenvalue weighted by atomic mass is 10.0. The van der Waals surface area contributed by atoms with Crippen molar-refractivity contribution in [2.24, 2.45) is 5.92 Å². The van der Waals surface area contributed by atoms with Gasteiger partial charge in [0.25, 0.3) is 0 Å². The third-order valence-corrected chi connectivity index (χ3v) is 4.39. The van der Waals surface area contributed by atoms with Gasteiger partial charge in [0.15, 0.2) is 0 Å². The number of nitrogens with one attached hydrogen (secondary N) is 1. The van der Waals surface area contributed by atoms with Crippen molar-refractivity contribution in [3.8, 4) is 0 Å². The van der Waals surface area contributed by atoms with E-state index in [1.807, 2.05) is 0 Å². The number of hydrogen-bond donors (Lipinski definition) is 1. The van der Waals surface area contributed by atoms with Crippen LogP contribution in [0.15, 0.2) is 0 Å². The third kappa shape index (κ3) is 4.22. The average Bonchev–Trinajstić information content (AvgIpc) is 3.19. The Bertz CT molecular complexity index is 230. The van der Waals surface area contributed by atoms with Gasteiger partial charge in [-0.1, -0.05) is 20.8 Å². The fraction of sp³-hybridized carbons (Fsp3) is 1.00. The predicted molar refractivity (Wildman–Crippen MR) is 78.0 cm³/mol. The van der Waals surface area contributed by atoms with Crippen LogP contribution in [0.2, 0.25) is 0 Å². The smallest absolute Gasteiger partial charge is 0.0217 e. The molecule has 3 heteroatoms. The minimum absolute atomic E-state index is 0.664. The van der Waals surface area contributed by atoms with E-state index in [-0.39, 0.29) is 0 Å². The Morgan fingerprint density at radius 3 is 2.28 bits per heavy atom. The van der Waals surface area contributed by atoms with Crippen LogP contribution in [0.5, 0.6) is 0 Å². The molecule has 1 atom stereocenters. The molecule has 1 unspecified atom stereocenters. The first-order valence-corrected chi connectivity index (χ1v) is 7.90. The predicted octanol–water partition coefficient (Wildman–Crippen LogP) is 1.79. The van der Waals surface area contributed by atoms with Crippen molar-refractivity contribution >= 4 is 0 Å². The topological polar surface area (TPSA) is 18.5 Å². The molecule has 1 saturated heterocycles. The van der Waals surface area contributed by atoms with E-state index < -0.39 is 0 Å². The van der Waals surface area contributed by atoms with Crippen molar-refractivity contribution in [2.75, 3.05) is 39.3 Å². The molecule has 0 aromatic rings. The maximum Gasteiger partial charge on any atom is 0.0217 e. The van der Waals surface area contributed by atoms with E-state index in [9.17, 15) is 0 Å². The van der Waals surface area contributed by atoms with Crippen LogP contribution in [0.25, 0.3) is 0 Å². The number of nitrogens with zero attached hydrogens (tertiary/aromatic N) is 2. The van der Waals surface area contributed by atoms with Crippen LogP contribution in [0.4, 0.5) is 0 Å². The van der Waals surface area contributed by atoms with Crippen LogP contribution >= 0.6 is 0 Å². The number of hydrogen-bond acceptors (Lipinski definition) is 3. The molecule has 0 amide bonds. The van der Waals surface area contributed by atoms with Crippen LogP contribution in [-0.4, -0.2) is 61.2 Å². The van der Waals surface area contributed by atoms with Gasteiger partial charge in [-0.25, -0.2) is 0 Å². The van der Waals surface area contributed by atoms with Gasteiger partial charge in [0.05, 0.1) is 0 Å². The van der Waals surface area contributed by atoms with Crippen LogP contribution in [0, 0.1) is 5.92 Å². The quantitative estimate of drug-likeness (QED) is 0.746. The van der Waals surface area contributed by atoms with Gasteiger partial charge in [-0.05, 0) is 31.7 Å². The van der Waals surface area contributed by atoms with Crippen LogP contribution < -0.4 is 5.32 Å². The molecule has 18 heavy (non-hydrogen) atoms. The first-order chi connectivity index (χ1) is 8.70. The maximum absolute atomic E-state index is 3.71. The minimum Gasteiger partial charge on any atom is -0.312 e. The van der Waals surface area contributed by atoms with Gasteiger partial charge in [-0.2, -0.15) is 0 Å². The Morgan fingerprint density at radius 1 is 1.11 bits per heavy atom. The molecule has 1 N–H and O–H groups in total. The SMILES string of the molecule is CCCNC(CN1CCN(C2CC2)CC1)C(C)C. The van der Waals surface area contributed by atoms with Gasteiger partial charge < -0.3 is 5.32 Å². The molecule has 106 valence electrons. The van der Waals surface area contributed by atoms with E-state index in [2.05, 4.69) is 35.9 Å². The second-order valence-electron chi connectivity index (χ2n) is 6.37. The van der Waals surface area contributed by atoms with Crippen LogP contribution in [-0.2, 0) is 0 Å². The van der Waals surface area contributed by atoms with Gasteiger partial charge in [0.2, 0.25) is 0 Å². The van der Waals surface area contributed by atoms with E-state index in [0.29, 0.717) is 6.04 Å². The largest absolute Gasteiger partial charge is 0.312 e. The molecule has 0 bridgehead atoms. The Hall–Kier alpha value is -0.120. The van der Waals surface area contributed by atoms with Crippen molar-refractivity contribution in [2.45, 2.75) is 52.1 Å². The normalized spacial score (nSPS) is 24.7. The summed E-state index contributed by atoms with van der Waals surface area (Å²) in [6, 6.07) is 1.61. The molecule has 0 aromatic carbocycles. The Morgan fingerprint density at radius 2 is 1.78 bits per heavy atom. The standard InChI is InChI=1S/C15H31N3/c1-4-7-16-15(13(2)3)12-17-8-10-18(11-9-17)14-5-6-14/h13-16H,4-12H2,1-3H3. The third-order valence-electron chi connectivity index (χ3n) is 4.39. The highest BCUT2D eigenvalue weighted by Gasteiger charge is 2.31. The highest BCUT2D eigenvalue weighted by Crippen LogP contribution is 2.27. The highest BCUT2D eigenvalue weighted by atomic mass is 15.3. The lowest BCUT2D eigenvalue weighted by Crippen LogP contribution is -2.52. The molecule has 2 aliphatic rings. The summed E-state index contributed by atoms with van der Waals surface area (Å²) in [5.74, 6) is 0.734. The summed E-state index contributed by atoms with van der Waals surface area (Å²) < 4.78 is 0. The highest BCUT2D eigenvalue weighted by molar-refractivity contribution is 4.88. The molecule has 0 spiro atoms. The van der Waals surface area contributed by atoms with Gasteiger partial charge in [0, 0.05) is 44.8 Å². The van der Waals surface area contributed by atoms with E-state index in [1.165, 1.54) is 52.0 Å². The zero-order chi connectivity index (χ0) is 13.0. The van der Waals surface area contributed by atoms with Gasteiger partial charge >= 0.3 is 0 Å². The summed E-state index contributed by atoms with van der Waals surface area (Å²) in [5.41, 5.74) is 0. The number of piperazine rings is 1. The summed E-state index contributed by atoms with van der Waals surface area (Å²) in [6.07, 6.45) is 4.14. The Kier molecular flexibility index (Phi) is 5.46. The van der Waals surface area contributed by atoms with Gasteiger partial charge in [0.1, 0.15) is 0 Å². The molecule has 2 fully saturated rings. The minimum atomic E-state index is 0.664. The van der Waals surface area contributed by atoms with Crippen LogP contribution in [0.3, 0.4) is 0 Å². The molecule has 1 saturated carbocycles. The Labute approximate surface area is 113 Å². The second-order valence-corrected chi connectivity index (χ2v) is 6.37. The molecule has 0 radical (unpaired) electrons. The average molecular weight is 253 g/mol. The molecule has 0 aromatic heterocycles. The molecular formula is C15H31N3. The Balaban J connectivity index is 1.70. The maximum atomic E-state index is 3.71. The summed E-state index contributed by atoms with van der Waals surface area (Å²) in [6.45, 7) is 14.5. The molecule has 1 aliphatic carbocycles. The molecular weight excluding hydrogens is 222 g/mol. The zero-order valence-corrected chi connectivity index (χ0v) is 12.5. The first-order valence-electron chi connectivity index (χ1n) is 7.90. The van der Waals surface area contributed by atoms with Crippen molar-refractivity contribution in [3.63, 3.8) is 0 Å². The fourth-order valence-corrected chi connectivity index (χ4v) is 2.87. The van der Waals surface area contributed by atoms with Crippen molar-refractivity contribution in [1.29, 1.82) is 0 Å². The summed E-state index contributed by atoms with van der Waals surface area (Å²) in [5, 5.41) is 3.71. The van der Waals surface area contributed by atoms with E-state index in [0.717, 1.165) is 18.5 Å². The molecule has 2 rings (SSSR count). The van der Waals surface area contributed by atoms with Gasteiger partial charge in [-0.3, -0.25) is 9.80 Å². The second kappa shape index (κ2) is 6.88. The molecule has 1 heterocycles. The molecule has 1 aliphatic heterocycles. The molecule has 3 nitrogen and oxygen atoms in total. The van der Waals surface area contributed by atoms with E-state index in [4.69, 9.17) is 0 Å². The van der Waals surface area contributed by atoms with E-state index in [1.54, 1.807) is 0 Å². The van der Waals surface area contributed by atoms with Crippen molar-refractivity contribution in [1.82, 2.24) is 15.1 Å². The van der Waals surface area contributed by atoms with Crippen molar-refractivity contribution in [3.05, 3.63) is 0 Å². The van der Waals surface area contributed by atoms with Gasteiger partial charge in [-0.15, -0.1) is 0 Å². The zero-order valence-electron chi connectivity index (χ0n) is 12.5. The van der Waals surface area contributed by atoms with Crippen molar-refractivity contribution < 1.29 is 0 Å². The fourth-order valence-electron chi connectivity index (χ4n) is 2.87. The summed E-state index contributed by atoms with van der Waals surface area (Å²) in [7, 11) is 0. The number of rotatable bonds is 7. The monoisotopic (exact) mass is 253 g/mol. The lowest BCUT2D eigenvalue weighted by Gasteiger charge is -2.37. The van der Waals surface area contributed by atoms with E-state index >= 15 is 0 Å². The summed E-state index contributed by atoms with van der Waals surface area (Å²) in [4.78, 5) is 5.35. The summed E-state index contributed by atoms with van der Waals surface area (Å²) >= 11 is 0. The lowest BCUT2D eigenvalue weighted by molar-refractivity contribution is 0.111.